The van der Waals surface area contributed by atoms with Crippen LogP contribution in [0, 0.1) is 17.8 Å². The lowest BCUT2D eigenvalue weighted by molar-refractivity contribution is -0.134. The molecule has 0 aliphatic heterocycles. The first-order valence-corrected chi connectivity index (χ1v) is 7.68. The van der Waals surface area contributed by atoms with Crippen LogP contribution < -0.4 is 5.73 Å². The van der Waals surface area contributed by atoms with Gasteiger partial charge in [-0.3, -0.25) is 4.79 Å². The van der Waals surface area contributed by atoms with E-state index in [9.17, 15) is 4.79 Å². The molecule has 3 saturated carbocycles. The van der Waals surface area contributed by atoms with Crippen LogP contribution in [-0.2, 0) is 4.79 Å². The number of hydrogen-bond donors (Lipinski definition) is 1. The van der Waals surface area contributed by atoms with Gasteiger partial charge in [-0.2, -0.15) is 0 Å². The molecule has 0 radical (unpaired) electrons. The number of hydrogen-bond acceptors (Lipinski definition) is 2. The first kappa shape index (κ1) is 12.4. The Labute approximate surface area is 114 Å². The van der Waals surface area contributed by atoms with Crippen LogP contribution in [0.2, 0.25) is 0 Å². The van der Waals surface area contributed by atoms with Crippen LogP contribution in [0.3, 0.4) is 0 Å². The van der Waals surface area contributed by atoms with E-state index >= 15 is 0 Å². The summed E-state index contributed by atoms with van der Waals surface area (Å²) in [6.07, 6.45) is 8.58. The monoisotopic (exact) mass is 266 g/mol. The van der Waals surface area contributed by atoms with Crippen molar-refractivity contribution in [1.82, 2.24) is 4.90 Å². The molecule has 100 valence electrons. The number of carbonyl (C=O) groups is 1. The molecule has 1 amide bonds. The van der Waals surface area contributed by atoms with E-state index in [1.165, 1.54) is 32.1 Å². The molecule has 3 fully saturated rings. The molecule has 0 heterocycles. The van der Waals surface area contributed by atoms with Crippen molar-refractivity contribution in [2.75, 3.05) is 6.54 Å². The summed E-state index contributed by atoms with van der Waals surface area (Å²) in [7, 11) is 0. The van der Waals surface area contributed by atoms with Crippen LogP contribution in [0.25, 0.3) is 0 Å². The topological polar surface area (TPSA) is 46.3 Å². The summed E-state index contributed by atoms with van der Waals surface area (Å²) in [5, 5.41) is 0. The second-order valence-corrected chi connectivity index (χ2v) is 6.68. The van der Waals surface area contributed by atoms with Crippen molar-refractivity contribution in [2.45, 2.75) is 51.0 Å². The zero-order valence-corrected chi connectivity index (χ0v) is 11.6. The Morgan fingerprint density at radius 3 is 2.28 bits per heavy atom. The number of amides is 1. The van der Waals surface area contributed by atoms with Crippen molar-refractivity contribution in [2.24, 2.45) is 23.5 Å². The lowest BCUT2D eigenvalue weighted by Gasteiger charge is -2.29. The Hall–Kier alpha value is -0.640. The highest BCUT2D eigenvalue weighted by Gasteiger charge is 2.57. The molecule has 0 bridgehead atoms. The summed E-state index contributed by atoms with van der Waals surface area (Å²) in [4.78, 5) is 15.1. The van der Waals surface area contributed by atoms with Gasteiger partial charge in [0.1, 0.15) is 0 Å². The summed E-state index contributed by atoms with van der Waals surface area (Å²) < 4.78 is 0. The molecule has 2 N–H and O–H groups in total. The molecule has 2 atom stereocenters. The van der Waals surface area contributed by atoms with E-state index in [2.05, 4.69) is 0 Å². The predicted octanol–water partition coefficient (Wildman–Crippen LogP) is 2.09. The summed E-state index contributed by atoms with van der Waals surface area (Å²) in [6.45, 7) is 0.495. The van der Waals surface area contributed by atoms with Crippen molar-refractivity contribution in [3.63, 3.8) is 0 Å². The molecule has 3 aliphatic rings. The van der Waals surface area contributed by atoms with Crippen molar-refractivity contribution in [3.05, 3.63) is 0 Å². The molecule has 0 aromatic carbocycles. The van der Waals surface area contributed by atoms with Gasteiger partial charge in [0.15, 0.2) is 0 Å². The Bertz CT molecular complexity index is 355. The minimum absolute atomic E-state index is 0.314. The van der Waals surface area contributed by atoms with Crippen molar-refractivity contribution in [1.29, 1.82) is 0 Å². The van der Waals surface area contributed by atoms with Gasteiger partial charge in [-0.15, -0.1) is 0 Å². The fourth-order valence-electron chi connectivity index (χ4n) is 4.15. The lowest BCUT2D eigenvalue weighted by atomic mass is 10.1. The zero-order chi connectivity index (χ0) is 12.7. The average molecular weight is 266 g/mol. The molecular weight excluding hydrogens is 244 g/mol. The standard InChI is InChI=1S/C14H22N2OS/c15-12(18)8-16(9-4-1-2-5-9)14(17)13-10-6-3-7-11(10)13/h9-11,13H,1-8H2,(H2,15,18). The molecule has 3 rings (SSSR count). The van der Waals surface area contributed by atoms with E-state index in [0.29, 0.717) is 41.2 Å². The van der Waals surface area contributed by atoms with Crippen molar-refractivity contribution in [3.8, 4) is 0 Å². The Kier molecular flexibility index (Phi) is 3.31. The second-order valence-electron chi connectivity index (χ2n) is 6.16. The SMILES string of the molecule is NC(=S)CN(C(=O)C1C2CCCC21)C1CCCC1. The third-order valence-corrected chi connectivity index (χ3v) is 5.20. The van der Waals surface area contributed by atoms with Gasteiger partial charge in [0, 0.05) is 12.0 Å². The van der Waals surface area contributed by atoms with Gasteiger partial charge in [0.2, 0.25) is 5.91 Å². The molecule has 2 unspecified atom stereocenters. The minimum Gasteiger partial charge on any atom is -0.392 e. The number of carbonyl (C=O) groups excluding carboxylic acids is 1. The van der Waals surface area contributed by atoms with Gasteiger partial charge in [0.25, 0.3) is 0 Å². The molecule has 0 aromatic heterocycles. The number of thiocarbonyl (C=S) groups is 1. The second kappa shape index (κ2) is 4.80. The van der Waals surface area contributed by atoms with E-state index in [0.717, 1.165) is 12.8 Å². The van der Waals surface area contributed by atoms with Gasteiger partial charge >= 0.3 is 0 Å². The van der Waals surface area contributed by atoms with Gasteiger partial charge < -0.3 is 10.6 Å². The van der Waals surface area contributed by atoms with Crippen LogP contribution in [0.15, 0.2) is 0 Å². The molecule has 4 heteroatoms. The van der Waals surface area contributed by atoms with Crippen LogP contribution in [-0.4, -0.2) is 28.4 Å². The summed E-state index contributed by atoms with van der Waals surface area (Å²) in [6, 6.07) is 0.403. The first-order valence-electron chi connectivity index (χ1n) is 7.27. The van der Waals surface area contributed by atoms with E-state index < -0.39 is 0 Å². The number of fused-ring (bicyclic) bond motifs is 1. The quantitative estimate of drug-likeness (QED) is 0.793. The molecule has 0 spiro atoms. The summed E-state index contributed by atoms with van der Waals surface area (Å²) >= 11 is 5.02. The molecule has 0 aromatic rings. The van der Waals surface area contributed by atoms with E-state index in [-0.39, 0.29) is 0 Å². The maximum atomic E-state index is 12.7. The first-order chi connectivity index (χ1) is 8.68. The van der Waals surface area contributed by atoms with Crippen LogP contribution >= 0.6 is 12.2 Å². The van der Waals surface area contributed by atoms with Crippen LogP contribution in [0.1, 0.15) is 44.9 Å². The van der Waals surface area contributed by atoms with Gasteiger partial charge in [-0.05, 0) is 37.5 Å². The lowest BCUT2D eigenvalue weighted by Crippen LogP contribution is -2.45. The fourth-order valence-corrected chi connectivity index (χ4v) is 4.29. The normalized spacial score (nSPS) is 34.3. The molecular formula is C14H22N2OS. The predicted molar refractivity (Wildman–Crippen MR) is 75.1 cm³/mol. The number of nitrogens with two attached hydrogens (primary N) is 1. The smallest absolute Gasteiger partial charge is 0.226 e. The van der Waals surface area contributed by atoms with Crippen LogP contribution in [0.5, 0.6) is 0 Å². The van der Waals surface area contributed by atoms with Gasteiger partial charge in [-0.1, -0.05) is 31.5 Å². The molecule has 3 nitrogen and oxygen atoms in total. The highest BCUT2D eigenvalue weighted by Crippen LogP contribution is 2.58. The summed E-state index contributed by atoms with van der Waals surface area (Å²) in [5.41, 5.74) is 5.67. The maximum absolute atomic E-state index is 12.7. The van der Waals surface area contributed by atoms with Gasteiger partial charge in [0.05, 0.1) is 11.5 Å². The molecule has 3 aliphatic carbocycles. The molecule has 0 saturated heterocycles. The average Bonchev–Trinajstić information content (AvgIpc) is 2.81. The number of rotatable bonds is 4. The maximum Gasteiger partial charge on any atom is 0.226 e. The Balaban J connectivity index is 1.68. The van der Waals surface area contributed by atoms with E-state index in [1.807, 2.05) is 4.90 Å². The van der Waals surface area contributed by atoms with Crippen molar-refractivity contribution >= 4 is 23.1 Å². The summed E-state index contributed by atoms with van der Waals surface area (Å²) in [5.74, 6) is 2.04. The highest BCUT2D eigenvalue weighted by molar-refractivity contribution is 7.80. The third-order valence-electron chi connectivity index (χ3n) is 5.07. The zero-order valence-electron chi connectivity index (χ0n) is 10.8. The van der Waals surface area contributed by atoms with E-state index in [4.69, 9.17) is 18.0 Å². The Morgan fingerprint density at radius 1 is 1.11 bits per heavy atom. The van der Waals surface area contributed by atoms with E-state index in [1.54, 1.807) is 0 Å². The molecule has 18 heavy (non-hydrogen) atoms. The van der Waals surface area contributed by atoms with Crippen LogP contribution in [0.4, 0.5) is 0 Å². The minimum atomic E-state index is 0.314. The largest absolute Gasteiger partial charge is 0.392 e. The highest BCUT2D eigenvalue weighted by atomic mass is 32.1. The Morgan fingerprint density at radius 2 is 1.72 bits per heavy atom. The fraction of sp³-hybridized carbons (Fsp3) is 0.857. The third kappa shape index (κ3) is 2.15. The number of nitrogens with zero attached hydrogens (tertiary/aromatic N) is 1. The van der Waals surface area contributed by atoms with Gasteiger partial charge in [-0.25, -0.2) is 0 Å². The van der Waals surface area contributed by atoms with Crippen molar-refractivity contribution < 1.29 is 4.79 Å².